The highest BCUT2D eigenvalue weighted by Crippen LogP contribution is 2.16. The zero-order valence-corrected chi connectivity index (χ0v) is 40.2. The van der Waals surface area contributed by atoms with E-state index in [0.29, 0.717) is 19.4 Å². The minimum absolute atomic E-state index is 0.00380. The van der Waals surface area contributed by atoms with Gasteiger partial charge in [0.2, 0.25) is 5.91 Å². The van der Waals surface area contributed by atoms with Gasteiger partial charge in [0.25, 0.3) is 0 Å². The summed E-state index contributed by atoms with van der Waals surface area (Å²) < 4.78 is 5.48. The fraction of sp³-hybridized carbons (Fsp3) is 0.889. The molecule has 0 rings (SSSR count). The quantitative estimate of drug-likeness (QED) is 0.0322. The summed E-state index contributed by atoms with van der Waals surface area (Å²) in [5, 5.41) is 22.9. The third kappa shape index (κ3) is 45.9. The summed E-state index contributed by atoms with van der Waals surface area (Å²) in [5.41, 5.74) is 0. The Labute approximate surface area is 373 Å². The highest BCUT2D eigenvalue weighted by atomic mass is 16.5. The third-order valence-electron chi connectivity index (χ3n) is 12.2. The maximum absolute atomic E-state index is 12.4. The van der Waals surface area contributed by atoms with Gasteiger partial charge in [-0.2, -0.15) is 0 Å². The Morgan fingerprint density at radius 2 is 0.783 bits per heavy atom. The molecule has 0 saturated heterocycles. The number of carbonyl (C=O) groups is 2. The first-order chi connectivity index (χ1) is 29.5. The Balaban J connectivity index is 3.42. The van der Waals surface area contributed by atoms with Crippen molar-refractivity contribution in [3.8, 4) is 0 Å². The fourth-order valence-corrected chi connectivity index (χ4v) is 8.10. The van der Waals surface area contributed by atoms with E-state index in [9.17, 15) is 19.8 Å². The molecule has 1 amide bonds. The van der Waals surface area contributed by atoms with Gasteiger partial charge in [-0.3, -0.25) is 9.59 Å². The maximum Gasteiger partial charge on any atom is 0.305 e. The van der Waals surface area contributed by atoms with E-state index in [2.05, 4.69) is 31.3 Å². The molecule has 0 heterocycles. The van der Waals surface area contributed by atoms with Crippen LogP contribution in [-0.4, -0.2) is 47.4 Å². The molecule has 0 aliphatic carbocycles. The summed E-state index contributed by atoms with van der Waals surface area (Å²) in [7, 11) is 0. The van der Waals surface area contributed by atoms with Crippen molar-refractivity contribution in [3.63, 3.8) is 0 Å². The lowest BCUT2D eigenvalue weighted by Crippen LogP contribution is -2.45. The van der Waals surface area contributed by atoms with Gasteiger partial charge in [-0.15, -0.1) is 0 Å². The van der Waals surface area contributed by atoms with Gasteiger partial charge in [0.05, 0.1) is 25.4 Å². The summed E-state index contributed by atoms with van der Waals surface area (Å²) in [5.74, 6) is -0.0823. The van der Waals surface area contributed by atoms with Gasteiger partial charge >= 0.3 is 5.97 Å². The number of allylic oxidation sites excluding steroid dienone is 3. The number of nitrogens with one attached hydrogen (secondary N) is 1. The van der Waals surface area contributed by atoms with Crippen LogP contribution in [0.25, 0.3) is 0 Å². The van der Waals surface area contributed by atoms with Gasteiger partial charge in [0, 0.05) is 12.8 Å². The van der Waals surface area contributed by atoms with E-state index in [0.717, 1.165) is 57.8 Å². The molecule has 2 unspecified atom stereocenters. The van der Waals surface area contributed by atoms with Crippen LogP contribution in [0.4, 0.5) is 0 Å². The van der Waals surface area contributed by atoms with E-state index in [4.69, 9.17) is 4.74 Å². The van der Waals surface area contributed by atoms with Gasteiger partial charge in [0.1, 0.15) is 0 Å². The van der Waals surface area contributed by atoms with Crippen molar-refractivity contribution in [1.29, 1.82) is 0 Å². The molecule has 60 heavy (non-hydrogen) atoms. The van der Waals surface area contributed by atoms with Gasteiger partial charge in [-0.05, 0) is 57.8 Å². The van der Waals surface area contributed by atoms with Crippen LogP contribution in [0.3, 0.4) is 0 Å². The van der Waals surface area contributed by atoms with E-state index in [-0.39, 0.29) is 18.5 Å². The van der Waals surface area contributed by atoms with Crippen molar-refractivity contribution >= 4 is 11.9 Å². The summed E-state index contributed by atoms with van der Waals surface area (Å²) in [6.45, 7) is 4.86. The molecule has 0 aliphatic rings. The van der Waals surface area contributed by atoms with Crippen LogP contribution < -0.4 is 5.32 Å². The fourth-order valence-electron chi connectivity index (χ4n) is 8.10. The molecule has 0 aromatic heterocycles. The minimum atomic E-state index is -0.848. The highest BCUT2D eigenvalue weighted by Gasteiger charge is 2.18. The van der Waals surface area contributed by atoms with Crippen LogP contribution in [0.1, 0.15) is 284 Å². The average Bonchev–Trinajstić information content (AvgIpc) is 3.25. The Kier molecular flexibility index (Phi) is 48.6. The maximum atomic E-state index is 12.4. The number of aliphatic hydroxyl groups is 2. The molecular formula is C54H103NO5. The number of esters is 1. The Morgan fingerprint density at radius 3 is 1.18 bits per heavy atom. The second-order valence-electron chi connectivity index (χ2n) is 18.2. The van der Waals surface area contributed by atoms with Crippen molar-refractivity contribution in [1.82, 2.24) is 5.32 Å². The Bertz CT molecular complexity index is 935. The van der Waals surface area contributed by atoms with E-state index in [1.807, 2.05) is 6.08 Å². The van der Waals surface area contributed by atoms with Crippen LogP contribution in [0.15, 0.2) is 24.3 Å². The van der Waals surface area contributed by atoms with Gasteiger partial charge in [-0.25, -0.2) is 0 Å². The largest absolute Gasteiger partial charge is 0.466 e. The predicted octanol–water partition coefficient (Wildman–Crippen LogP) is 15.9. The number of carbonyl (C=O) groups excluding carboxylic acids is 2. The molecular weight excluding hydrogens is 743 g/mol. The minimum Gasteiger partial charge on any atom is -0.466 e. The van der Waals surface area contributed by atoms with Crippen molar-refractivity contribution < 1.29 is 24.5 Å². The lowest BCUT2D eigenvalue weighted by atomic mass is 10.0. The van der Waals surface area contributed by atoms with Crippen molar-refractivity contribution in [2.24, 2.45) is 0 Å². The lowest BCUT2D eigenvalue weighted by Gasteiger charge is -2.20. The number of aliphatic hydroxyl groups excluding tert-OH is 2. The molecule has 3 N–H and O–H groups in total. The molecule has 6 heteroatoms. The summed E-state index contributed by atoms with van der Waals surface area (Å²) in [4.78, 5) is 24.4. The molecule has 0 aromatic rings. The first-order valence-corrected chi connectivity index (χ1v) is 26.6. The third-order valence-corrected chi connectivity index (χ3v) is 12.2. The number of hydrogen-bond donors (Lipinski definition) is 3. The topological polar surface area (TPSA) is 95.9 Å². The van der Waals surface area contributed by atoms with Gasteiger partial charge in [0.15, 0.2) is 0 Å². The number of hydrogen-bond acceptors (Lipinski definition) is 5. The number of amides is 1. The zero-order chi connectivity index (χ0) is 43.7. The van der Waals surface area contributed by atoms with E-state index in [1.54, 1.807) is 6.08 Å². The highest BCUT2D eigenvalue weighted by molar-refractivity contribution is 5.76. The normalized spacial score (nSPS) is 12.8. The molecule has 0 saturated carbocycles. The SMILES string of the molecule is CCCCCCCCC/C=C\CCCCCCCCCC(=O)OCCCCCCCCCCCCCCCCCC(=O)NC(CO)C(O)/C=C/CCCCCCCCCC. The van der Waals surface area contributed by atoms with Crippen LogP contribution in [0.2, 0.25) is 0 Å². The second-order valence-corrected chi connectivity index (χ2v) is 18.2. The van der Waals surface area contributed by atoms with E-state index in [1.165, 1.54) is 199 Å². The predicted molar refractivity (Wildman–Crippen MR) is 260 cm³/mol. The number of unbranched alkanes of at least 4 members (excludes halogenated alkanes) is 36. The van der Waals surface area contributed by atoms with Crippen LogP contribution in [0, 0.1) is 0 Å². The first-order valence-electron chi connectivity index (χ1n) is 26.6. The summed E-state index contributed by atoms with van der Waals surface area (Å²) >= 11 is 0. The molecule has 0 fully saturated rings. The van der Waals surface area contributed by atoms with Gasteiger partial charge in [-0.1, -0.05) is 237 Å². The number of ether oxygens (including phenoxy) is 1. The molecule has 0 aliphatic heterocycles. The van der Waals surface area contributed by atoms with E-state index < -0.39 is 12.1 Å². The monoisotopic (exact) mass is 846 g/mol. The zero-order valence-electron chi connectivity index (χ0n) is 40.2. The van der Waals surface area contributed by atoms with Crippen molar-refractivity contribution in [3.05, 3.63) is 24.3 Å². The summed E-state index contributed by atoms with van der Waals surface area (Å²) in [6.07, 6.45) is 59.0. The molecule has 0 aromatic carbocycles. The molecule has 0 bridgehead atoms. The summed E-state index contributed by atoms with van der Waals surface area (Å²) in [6, 6.07) is -0.632. The molecule has 0 radical (unpaired) electrons. The molecule has 0 spiro atoms. The first kappa shape index (κ1) is 58.3. The Morgan fingerprint density at radius 1 is 0.450 bits per heavy atom. The lowest BCUT2D eigenvalue weighted by molar-refractivity contribution is -0.143. The van der Waals surface area contributed by atoms with Crippen molar-refractivity contribution in [2.45, 2.75) is 296 Å². The van der Waals surface area contributed by atoms with E-state index >= 15 is 0 Å². The number of rotatable bonds is 49. The van der Waals surface area contributed by atoms with Crippen LogP contribution in [0.5, 0.6) is 0 Å². The smallest absolute Gasteiger partial charge is 0.305 e. The second kappa shape index (κ2) is 50.0. The van der Waals surface area contributed by atoms with Crippen LogP contribution >= 0.6 is 0 Å². The van der Waals surface area contributed by atoms with Crippen LogP contribution in [-0.2, 0) is 14.3 Å². The van der Waals surface area contributed by atoms with Crippen molar-refractivity contribution in [2.75, 3.05) is 13.2 Å². The Hall–Kier alpha value is -1.66. The average molecular weight is 846 g/mol. The molecule has 6 nitrogen and oxygen atoms in total. The molecule has 354 valence electrons. The van der Waals surface area contributed by atoms with Gasteiger partial charge < -0.3 is 20.3 Å². The standard InChI is InChI=1S/C54H103NO5/c1-3-5-7-9-11-13-15-16-17-18-19-22-25-28-32-36-40-44-48-54(59)60-49-45-41-37-33-29-26-23-20-21-24-27-31-35-39-43-47-53(58)55-51(50-56)52(57)46-42-38-34-30-14-12-10-8-6-4-2/h17-18,42,46,51-52,56-57H,3-16,19-41,43-45,47-50H2,1-2H3,(H,55,58)/b18-17-,46-42+. The molecule has 2 atom stereocenters.